The summed E-state index contributed by atoms with van der Waals surface area (Å²) in [5, 5.41) is 15.9. The Bertz CT molecular complexity index is 73.7. The lowest BCUT2D eigenvalue weighted by atomic mass is 10.8. The van der Waals surface area contributed by atoms with Crippen LogP contribution in [0.2, 0.25) is 0 Å². The van der Waals surface area contributed by atoms with E-state index < -0.39 is 6.08 Å². The van der Waals surface area contributed by atoms with E-state index in [9.17, 15) is 5.11 Å². The van der Waals surface area contributed by atoms with Gasteiger partial charge in [0.05, 0.1) is 6.61 Å². The predicted molar refractivity (Wildman–Crippen MR) is 25.6 cm³/mol. The summed E-state index contributed by atoms with van der Waals surface area (Å²) >= 11 is 0. The van der Waals surface area contributed by atoms with Crippen LogP contribution in [0.15, 0.2) is 0 Å². The fraction of sp³-hybridized carbons (Fsp3) is 0.750. The molecule has 0 amide bonds. The third-order valence-electron chi connectivity index (χ3n) is 0.521. The maximum atomic E-state index is 9.71. The summed E-state index contributed by atoms with van der Waals surface area (Å²) in [5.41, 5.74) is 0. The van der Waals surface area contributed by atoms with E-state index >= 15 is 0 Å². The molecule has 0 unspecified atom stereocenters. The Morgan fingerprint density at radius 1 is 1.62 bits per heavy atom. The molecule has 0 aliphatic heterocycles. The van der Waals surface area contributed by atoms with Crippen LogP contribution in [0.25, 0.3) is 0 Å². The van der Waals surface area contributed by atoms with E-state index in [4.69, 9.17) is 5.41 Å². The van der Waals surface area contributed by atoms with Crippen LogP contribution >= 0.6 is 0 Å². The van der Waals surface area contributed by atoms with Crippen molar-refractivity contribution in [1.82, 2.24) is 0 Å². The van der Waals surface area contributed by atoms with E-state index in [1.807, 2.05) is 0 Å². The maximum Gasteiger partial charge on any atom is 0.142 e. The summed E-state index contributed by atoms with van der Waals surface area (Å²) in [5.74, 6) is 0. The molecule has 48 valence electrons. The normalized spacial score (nSPS) is 8.62. The molecule has 0 aromatic rings. The van der Waals surface area contributed by atoms with Gasteiger partial charge in [-0.25, -0.2) is 0 Å². The zero-order valence-electron chi connectivity index (χ0n) is 4.64. The van der Waals surface area contributed by atoms with Gasteiger partial charge in [-0.3, -0.25) is 5.41 Å². The molecule has 4 heteroatoms. The first-order valence-electron chi connectivity index (χ1n) is 2.14. The molecule has 0 radical (unpaired) electrons. The first-order chi connectivity index (χ1) is 3.77. The quantitative estimate of drug-likeness (QED) is 0.292. The van der Waals surface area contributed by atoms with E-state index in [-0.39, 0.29) is 6.61 Å². The molecule has 0 heterocycles. The summed E-state index contributed by atoms with van der Waals surface area (Å²) in [7, 11) is 1.50. The van der Waals surface area contributed by atoms with E-state index in [2.05, 4.69) is 9.47 Å². The molecule has 0 atom stereocenters. The van der Waals surface area contributed by atoms with E-state index in [1.54, 1.807) is 0 Å². The SMILES string of the molecule is COCCOC(=N)[O-]. The highest BCUT2D eigenvalue weighted by molar-refractivity contribution is 5.56. The van der Waals surface area contributed by atoms with Crippen LogP contribution < -0.4 is 5.11 Å². The van der Waals surface area contributed by atoms with E-state index in [1.165, 1.54) is 7.11 Å². The highest BCUT2D eigenvalue weighted by Crippen LogP contribution is 1.70. The van der Waals surface area contributed by atoms with Crippen molar-refractivity contribution in [2.75, 3.05) is 20.3 Å². The van der Waals surface area contributed by atoms with Crippen LogP contribution in [-0.4, -0.2) is 26.4 Å². The lowest BCUT2D eigenvalue weighted by molar-refractivity contribution is -0.253. The highest BCUT2D eigenvalue weighted by atomic mass is 16.6. The van der Waals surface area contributed by atoms with Gasteiger partial charge in [-0.1, -0.05) is 0 Å². The Hall–Kier alpha value is -0.770. The summed E-state index contributed by atoms with van der Waals surface area (Å²) in [4.78, 5) is 0. The smallest absolute Gasteiger partial charge is 0.142 e. The molecule has 0 aromatic heterocycles. The van der Waals surface area contributed by atoms with Gasteiger partial charge in [-0.05, 0) is 0 Å². The molecule has 0 aliphatic rings. The first-order valence-corrected chi connectivity index (χ1v) is 2.14. The molecule has 0 saturated carbocycles. The van der Waals surface area contributed by atoms with Crippen LogP contribution in [0, 0.1) is 5.41 Å². The fourth-order valence-electron chi connectivity index (χ4n) is 0.218. The number of hydrogen-bond acceptors (Lipinski definition) is 4. The molecule has 0 rings (SSSR count). The molecular formula is C4H8NO3-. The lowest BCUT2D eigenvalue weighted by Crippen LogP contribution is -2.21. The van der Waals surface area contributed by atoms with Crippen LogP contribution in [0.5, 0.6) is 0 Å². The van der Waals surface area contributed by atoms with Gasteiger partial charge in [0.1, 0.15) is 6.08 Å². The second-order valence-electron chi connectivity index (χ2n) is 1.13. The number of nitrogens with one attached hydrogen (secondary N) is 1. The highest BCUT2D eigenvalue weighted by Gasteiger charge is 1.76. The van der Waals surface area contributed by atoms with Gasteiger partial charge in [0.25, 0.3) is 0 Å². The van der Waals surface area contributed by atoms with Gasteiger partial charge < -0.3 is 14.6 Å². The number of ether oxygens (including phenoxy) is 2. The van der Waals surface area contributed by atoms with E-state index in [0.29, 0.717) is 6.61 Å². The Labute approximate surface area is 47.5 Å². The van der Waals surface area contributed by atoms with Crippen LogP contribution in [0.1, 0.15) is 0 Å². The molecule has 0 saturated heterocycles. The van der Waals surface area contributed by atoms with Crippen molar-refractivity contribution in [2.24, 2.45) is 0 Å². The second-order valence-corrected chi connectivity index (χ2v) is 1.13. The lowest BCUT2D eigenvalue weighted by Gasteiger charge is -2.09. The van der Waals surface area contributed by atoms with Gasteiger partial charge in [0.15, 0.2) is 0 Å². The molecule has 1 N–H and O–H groups in total. The molecule has 4 nitrogen and oxygen atoms in total. The van der Waals surface area contributed by atoms with Crippen LogP contribution in [-0.2, 0) is 9.47 Å². The van der Waals surface area contributed by atoms with Crippen molar-refractivity contribution in [2.45, 2.75) is 0 Å². The van der Waals surface area contributed by atoms with Gasteiger partial charge in [-0.2, -0.15) is 0 Å². The Balaban J connectivity index is 2.82. The van der Waals surface area contributed by atoms with Crippen molar-refractivity contribution in [3.8, 4) is 0 Å². The molecule has 0 spiro atoms. The molecule has 0 fully saturated rings. The van der Waals surface area contributed by atoms with Gasteiger partial charge >= 0.3 is 0 Å². The van der Waals surface area contributed by atoms with Crippen molar-refractivity contribution >= 4 is 6.08 Å². The standard InChI is InChI=1S/C4H9NO3/c1-7-2-3-8-4(5)6/h2-3H2,1H3,(H2,5,6)/p-1. The number of hydrogen-bond donors (Lipinski definition) is 1. The van der Waals surface area contributed by atoms with Crippen LogP contribution in [0.4, 0.5) is 0 Å². The van der Waals surface area contributed by atoms with Crippen molar-refractivity contribution in [3.63, 3.8) is 0 Å². The van der Waals surface area contributed by atoms with Crippen molar-refractivity contribution < 1.29 is 14.6 Å². The average molecular weight is 118 g/mol. The van der Waals surface area contributed by atoms with E-state index in [0.717, 1.165) is 0 Å². The predicted octanol–water partition coefficient (Wildman–Crippen LogP) is -1.06. The third-order valence-corrected chi connectivity index (χ3v) is 0.521. The van der Waals surface area contributed by atoms with Gasteiger partial charge in [0.2, 0.25) is 0 Å². The molecule has 0 bridgehead atoms. The Morgan fingerprint density at radius 2 is 2.25 bits per heavy atom. The monoisotopic (exact) mass is 118 g/mol. The van der Waals surface area contributed by atoms with Gasteiger partial charge in [-0.15, -0.1) is 0 Å². The number of methoxy groups -OCH3 is 1. The van der Waals surface area contributed by atoms with Crippen molar-refractivity contribution in [3.05, 3.63) is 0 Å². The Kier molecular flexibility index (Phi) is 3.97. The molecule has 0 aromatic carbocycles. The molecular weight excluding hydrogens is 110 g/mol. The topological polar surface area (TPSA) is 65.4 Å². The summed E-state index contributed by atoms with van der Waals surface area (Å²) < 4.78 is 8.72. The Morgan fingerprint density at radius 3 is 2.62 bits per heavy atom. The first kappa shape index (κ1) is 7.23. The minimum Gasteiger partial charge on any atom is -0.598 e. The largest absolute Gasteiger partial charge is 0.598 e. The zero-order chi connectivity index (χ0) is 6.41. The number of rotatable bonds is 3. The van der Waals surface area contributed by atoms with Crippen molar-refractivity contribution in [1.29, 1.82) is 5.41 Å². The van der Waals surface area contributed by atoms with Gasteiger partial charge in [0, 0.05) is 13.7 Å². The van der Waals surface area contributed by atoms with Crippen LogP contribution in [0.3, 0.4) is 0 Å². The maximum absolute atomic E-state index is 9.71. The minimum absolute atomic E-state index is 0.166. The molecule has 8 heavy (non-hydrogen) atoms. The summed E-state index contributed by atoms with van der Waals surface area (Å²) in [6.45, 7) is 0.517. The fourth-order valence-corrected chi connectivity index (χ4v) is 0.218. The molecule has 0 aliphatic carbocycles. The average Bonchev–Trinajstić information content (AvgIpc) is 1.66. The minimum atomic E-state index is -1.01. The second kappa shape index (κ2) is 4.39. The summed E-state index contributed by atoms with van der Waals surface area (Å²) in [6.07, 6.45) is -1.01. The summed E-state index contributed by atoms with van der Waals surface area (Å²) in [6, 6.07) is 0. The third kappa shape index (κ3) is 5.23. The zero-order valence-corrected chi connectivity index (χ0v) is 4.64.